The summed E-state index contributed by atoms with van der Waals surface area (Å²) in [7, 11) is 0. The SMILES string of the molecule is CCOC(=O)C1=C(C)N=c2s/c(=C\c3cc(I)c(OCc4ccccc4)c(I)c3)c(=O)n2[C@H]1c1ccccc1. The maximum Gasteiger partial charge on any atom is 0.338 e. The van der Waals surface area contributed by atoms with Gasteiger partial charge >= 0.3 is 5.97 Å². The molecule has 0 bridgehead atoms. The summed E-state index contributed by atoms with van der Waals surface area (Å²) in [6.45, 7) is 4.27. The molecule has 0 unspecified atom stereocenters. The van der Waals surface area contributed by atoms with Crippen molar-refractivity contribution in [1.82, 2.24) is 4.57 Å². The van der Waals surface area contributed by atoms with Crippen molar-refractivity contribution in [3.05, 3.63) is 128 Å². The first-order chi connectivity index (χ1) is 18.9. The van der Waals surface area contributed by atoms with Crippen molar-refractivity contribution in [2.24, 2.45) is 4.99 Å². The Morgan fingerprint density at radius 1 is 1.05 bits per heavy atom. The van der Waals surface area contributed by atoms with Crippen molar-refractivity contribution in [3.8, 4) is 5.75 Å². The van der Waals surface area contributed by atoms with E-state index >= 15 is 0 Å². The second-order valence-corrected chi connectivity index (χ2v) is 12.1. The lowest BCUT2D eigenvalue weighted by molar-refractivity contribution is -0.139. The minimum Gasteiger partial charge on any atom is -0.487 e. The summed E-state index contributed by atoms with van der Waals surface area (Å²) in [5, 5.41) is 0. The van der Waals surface area contributed by atoms with Crippen LogP contribution in [0.5, 0.6) is 5.75 Å². The van der Waals surface area contributed by atoms with Gasteiger partial charge in [-0.2, -0.15) is 0 Å². The zero-order chi connectivity index (χ0) is 27.5. The number of ether oxygens (including phenoxy) is 2. The number of benzene rings is 3. The van der Waals surface area contributed by atoms with Crippen LogP contribution in [0.4, 0.5) is 0 Å². The summed E-state index contributed by atoms with van der Waals surface area (Å²) >= 11 is 5.85. The van der Waals surface area contributed by atoms with E-state index in [1.165, 1.54) is 11.3 Å². The van der Waals surface area contributed by atoms with Crippen LogP contribution in [0.15, 0.2) is 93.9 Å². The van der Waals surface area contributed by atoms with E-state index in [1.54, 1.807) is 18.4 Å². The fraction of sp³-hybridized carbons (Fsp3) is 0.167. The summed E-state index contributed by atoms with van der Waals surface area (Å²) < 4.78 is 15.5. The van der Waals surface area contributed by atoms with Crippen LogP contribution in [0.3, 0.4) is 0 Å². The minimum atomic E-state index is -0.613. The Kier molecular flexibility index (Phi) is 8.67. The van der Waals surface area contributed by atoms with E-state index in [-0.39, 0.29) is 12.2 Å². The van der Waals surface area contributed by atoms with Crippen LogP contribution in [0, 0.1) is 7.14 Å². The molecule has 0 amide bonds. The quantitative estimate of drug-likeness (QED) is 0.182. The number of halogens is 2. The fourth-order valence-corrected chi connectivity index (χ4v) is 7.60. The Morgan fingerprint density at radius 2 is 1.69 bits per heavy atom. The molecule has 3 aromatic carbocycles. The highest BCUT2D eigenvalue weighted by Crippen LogP contribution is 2.31. The first-order valence-electron chi connectivity index (χ1n) is 12.3. The molecule has 1 aliphatic rings. The normalized spacial score (nSPS) is 15.1. The molecule has 0 spiro atoms. The molecular weight excluding hydrogens is 738 g/mol. The van der Waals surface area contributed by atoms with Crippen molar-refractivity contribution >= 4 is 68.6 Å². The van der Waals surface area contributed by atoms with Crippen molar-refractivity contribution in [3.63, 3.8) is 0 Å². The molecule has 0 N–H and O–H groups in total. The van der Waals surface area contributed by atoms with Crippen LogP contribution in [0.1, 0.15) is 36.6 Å². The Morgan fingerprint density at radius 3 is 2.33 bits per heavy atom. The maximum absolute atomic E-state index is 13.8. The van der Waals surface area contributed by atoms with E-state index in [0.29, 0.717) is 27.2 Å². The molecule has 4 aromatic rings. The van der Waals surface area contributed by atoms with Crippen molar-refractivity contribution in [2.75, 3.05) is 6.61 Å². The highest BCUT2D eigenvalue weighted by atomic mass is 127. The number of carbonyl (C=O) groups excluding carboxylic acids is 1. The molecule has 0 radical (unpaired) electrons. The number of esters is 1. The number of carbonyl (C=O) groups is 1. The van der Waals surface area contributed by atoms with Crippen LogP contribution in [-0.2, 0) is 16.1 Å². The second kappa shape index (κ2) is 12.2. The number of hydrogen-bond donors (Lipinski definition) is 0. The first kappa shape index (κ1) is 27.8. The molecule has 0 fully saturated rings. The zero-order valence-electron chi connectivity index (χ0n) is 21.2. The van der Waals surface area contributed by atoms with E-state index in [1.807, 2.05) is 78.9 Å². The zero-order valence-corrected chi connectivity index (χ0v) is 26.3. The van der Waals surface area contributed by atoms with Crippen LogP contribution >= 0.6 is 56.5 Å². The number of rotatable bonds is 7. The summed E-state index contributed by atoms with van der Waals surface area (Å²) in [6.07, 6.45) is 1.88. The fourth-order valence-electron chi connectivity index (χ4n) is 4.42. The molecular formula is C30H24I2N2O4S. The Balaban J connectivity index is 1.56. The lowest BCUT2D eigenvalue weighted by atomic mass is 9.96. The molecule has 0 saturated carbocycles. The van der Waals surface area contributed by atoms with Crippen LogP contribution < -0.4 is 19.6 Å². The van der Waals surface area contributed by atoms with Gasteiger partial charge in [-0.1, -0.05) is 72.0 Å². The molecule has 9 heteroatoms. The first-order valence-corrected chi connectivity index (χ1v) is 15.2. The number of nitrogens with zero attached hydrogens (tertiary/aromatic N) is 2. The standard InChI is InChI=1S/C30H24I2N2O4S/c1-3-37-29(36)25-18(2)33-30-34(26(25)21-12-8-5-9-13-21)28(35)24(39-30)16-20-14-22(31)27(23(32)15-20)38-17-19-10-6-4-7-11-19/h4-16,26H,3,17H2,1-2H3/b24-16-/t26-/m0/s1. The molecule has 0 saturated heterocycles. The number of allylic oxidation sites excluding steroid dienone is 1. The van der Waals surface area contributed by atoms with E-state index in [9.17, 15) is 9.59 Å². The Hall–Kier alpha value is -2.77. The van der Waals surface area contributed by atoms with Gasteiger partial charge in [0, 0.05) is 0 Å². The summed E-state index contributed by atoms with van der Waals surface area (Å²) in [5.41, 5.74) is 3.55. The van der Waals surface area contributed by atoms with E-state index < -0.39 is 12.0 Å². The third-order valence-electron chi connectivity index (χ3n) is 6.18. The topological polar surface area (TPSA) is 69.9 Å². The Labute approximate surface area is 257 Å². The van der Waals surface area contributed by atoms with E-state index in [0.717, 1.165) is 29.6 Å². The third-order valence-corrected chi connectivity index (χ3v) is 8.76. The lowest BCUT2D eigenvalue weighted by Gasteiger charge is -2.24. The maximum atomic E-state index is 13.8. The molecule has 6 nitrogen and oxygen atoms in total. The molecule has 198 valence electrons. The highest BCUT2D eigenvalue weighted by Gasteiger charge is 2.33. The van der Waals surface area contributed by atoms with Gasteiger partial charge in [0.1, 0.15) is 12.4 Å². The van der Waals surface area contributed by atoms with E-state index in [4.69, 9.17) is 9.47 Å². The van der Waals surface area contributed by atoms with Gasteiger partial charge in [-0.3, -0.25) is 9.36 Å². The predicted octanol–water partition coefficient (Wildman–Crippen LogP) is 5.59. The second-order valence-electron chi connectivity index (χ2n) is 8.80. The van der Waals surface area contributed by atoms with Crippen LogP contribution in [0.2, 0.25) is 0 Å². The third kappa shape index (κ3) is 5.90. The van der Waals surface area contributed by atoms with Gasteiger partial charge < -0.3 is 9.47 Å². The van der Waals surface area contributed by atoms with Crippen LogP contribution in [0.25, 0.3) is 6.08 Å². The number of fused-ring (bicyclic) bond motifs is 1. The highest BCUT2D eigenvalue weighted by molar-refractivity contribution is 14.1. The van der Waals surface area contributed by atoms with Crippen molar-refractivity contribution in [1.29, 1.82) is 0 Å². The minimum absolute atomic E-state index is 0.198. The van der Waals surface area contributed by atoms with Gasteiger partial charge in [-0.15, -0.1) is 0 Å². The molecule has 2 heterocycles. The number of hydrogen-bond acceptors (Lipinski definition) is 6. The average Bonchev–Trinajstić information content (AvgIpc) is 3.22. The average molecular weight is 762 g/mol. The molecule has 5 rings (SSSR count). The van der Waals surface area contributed by atoms with E-state index in [2.05, 4.69) is 50.2 Å². The van der Waals surface area contributed by atoms with Gasteiger partial charge in [0.25, 0.3) is 5.56 Å². The number of aromatic nitrogens is 1. The van der Waals surface area contributed by atoms with Crippen LogP contribution in [-0.4, -0.2) is 17.1 Å². The number of thiazole rings is 1. The molecule has 1 aliphatic heterocycles. The molecule has 0 aliphatic carbocycles. The lowest BCUT2D eigenvalue weighted by Crippen LogP contribution is -2.39. The molecule has 1 atom stereocenters. The largest absolute Gasteiger partial charge is 0.487 e. The summed E-state index contributed by atoms with van der Waals surface area (Å²) in [6, 6.07) is 23.0. The van der Waals surface area contributed by atoms with Gasteiger partial charge in [-0.05, 0) is 93.9 Å². The van der Waals surface area contributed by atoms with Gasteiger partial charge in [0.2, 0.25) is 0 Å². The Bertz CT molecular complexity index is 1720. The molecule has 1 aromatic heterocycles. The predicted molar refractivity (Wildman–Crippen MR) is 169 cm³/mol. The van der Waals surface area contributed by atoms with Crippen molar-refractivity contribution < 1.29 is 14.3 Å². The summed E-state index contributed by atoms with van der Waals surface area (Å²) in [5.74, 6) is 0.356. The monoisotopic (exact) mass is 762 g/mol. The smallest absolute Gasteiger partial charge is 0.338 e. The van der Waals surface area contributed by atoms with Crippen molar-refractivity contribution in [2.45, 2.75) is 26.5 Å². The van der Waals surface area contributed by atoms with Gasteiger partial charge in [-0.25, -0.2) is 9.79 Å². The van der Waals surface area contributed by atoms with Gasteiger partial charge in [0.15, 0.2) is 4.80 Å². The molecule has 39 heavy (non-hydrogen) atoms. The van der Waals surface area contributed by atoms with Gasteiger partial charge in [0.05, 0.1) is 35.6 Å². The summed E-state index contributed by atoms with van der Waals surface area (Å²) in [4.78, 5) is 32.0.